The van der Waals surface area contributed by atoms with Crippen molar-refractivity contribution in [2.24, 2.45) is 5.92 Å². The Hall–Kier alpha value is -2.41. The van der Waals surface area contributed by atoms with Crippen molar-refractivity contribution in [3.63, 3.8) is 0 Å². The van der Waals surface area contributed by atoms with E-state index >= 15 is 0 Å². The topological polar surface area (TPSA) is 90.1 Å². The number of imidazole rings is 1. The van der Waals surface area contributed by atoms with Crippen LogP contribution in [-0.2, 0) is 9.59 Å². The van der Waals surface area contributed by atoms with Crippen molar-refractivity contribution in [1.29, 1.82) is 0 Å². The van der Waals surface area contributed by atoms with Crippen LogP contribution in [0.4, 0.5) is 0 Å². The number of carbonyl (C=O) groups is 2. The number of nitrogens with zero attached hydrogens (tertiary/aromatic N) is 2. The summed E-state index contributed by atoms with van der Waals surface area (Å²) in [6, 6.07) is 5.61. The Morgan fingerprint density at radius 1 is 1.32 bits per heavy atom. The van der Waals surface area contributed by atoms with Crippen molar-refractivity contribution in [3.05, 3.63) is 29.6 Å². The number of nitrogens with one attached hydrogen (secondary N) is 3. The highest BCUT2D eigenvalue weighted by molar-refractivity contribution is 5.89. The molecule has 152 valence electrons. The molecule has 1 fully saturated rings. The molecular formula is C21H31N5O2. The summed E-state index contributed by atoms with van der Waals surface area (Å²) in [6.45, 7) is 11.6. The number of aromatic amines is 1. The summed E-state index contributed by atoms with van der Waals surface area (Å²) < 4.78 is 0. The number of piperazine rings is 1. The maximum atomic E-state index is 12.8. The number of rotatable bonds is 6. The van der Waals surface area contributed by atoms with Gasteiger partial charge in [0.1, 0.15) is 5.82 Å². The molecule has 0 saturated carbocycles. The maximum Gasteiger partial charge on any atom is 0.237 e. The second-order valence-corrected chi connectivity index (χ2v) is 8.27. The van der Waals surface area contributed by atoms with Crippen molar-refractivity contribution >= 4 is 22.8 Å². The zero-order valence-electron chi connectivity index (χ0n) is 17.4. The minimum atomic E-state index is -0.431. The molecule has 0 unspecified atom stereocenters. The number of amides is 2. The van der Waals surface area contributed by atoms with Crippen LogP contribution < -0.4 is 10.6 Å². The van der Waals surface area contributed by atoms with E-state index in [0.29, 0.717) is 6.54 Å². The zero-order chi connectivity index (χ0) is 20.4. The SMILES string of the molecule is Cc1ccc2nc([C@@H](NC(=O)C[C@@H]3C(=O)NCCN3C(C)C)C(C)C)[nH]c2c1. The monoisotopic (exact) mass is 385 g/mol. The van der Waals surface area contributed by atoms with Crippen molar-refractivity contribution in [2.45, 2.75) is 59.2 Å². The zero-order valence-corrected chi connectivity index (χ0v) is 17.4. The van der Waals surface area contributed by atoms with Crippen LogP contribution in [0, 0.1) is 12.8 Å². The molecule has 1 aromatic heterocycles. The van der Waals surface area contributed by atoms with E-state index in [1.165, 1.54) is 0 Å². The highest BCUT2D eigenvalue weighted by atomic mass is 16.2. The van der Waals surface area contributed by atoms with Gasteiger partial charge < -0.3 is 15.6 Å². The van der Waals surface area contributed by atoms with Gasteiger partial charge in [-0.2, -0.15) is 0 Å². The van der Waals surface area contributed by atoms with E-state index < -0.39 is 6.04 Å². The van der Waals surface area contributed by atoms with Crippen LogP contribution in [0.15, 0.2) is 18.2 Å². The maximum absolute atomic E-state index is 12.8. The Morgan fingerprint density at radius 3 is 2.75 bits per heavy atom. The van der Waals surface area contributed by atoms with E-state index in [4.69, 9.17) is 0 Å². The van der Waals surface area contributed by atoms with Gasteiger partial charge in [0.15, 0.2) is 0 Å². The van der Waals surface area contributed by atoms with Gasteiger partial charge in [-0.1, -0.05) is 19.9 Å². The number of aryl methyl sites for hydroxylation is 1. The molecule has 1 aromatic carbocycles. The number of hydrogen-bond donors (Lipinski definition) is 3. The summed E-state index contributed by atoms with van der Waals surface area (Å²) in [7, 11) is 0. The number of H-pyrrole nitrogens is 1. The summed E-state index contributed by atoms with van der Waals surface area (Å²) >= 11 is 0. The van der Waals surface area contributed by atoms with Crippen LogP contribution in [0.2, 0.25) is 0 Å². The summed E-state index contributed by atoms with van der Waals surface area (Å²) in [4.78, 5) is 35.3. The Bertz CT molecular complexity index is 858. The summed E-state index contributed by atoms with van der Waals surface area (Å²) in [5, 5.41) is 5.97. The van der Waals surface area contributed by atoms with Crippen LogP contribution in [0.3, 0.4) is 0 Å². The molecule has 1 aliphatic heterocycles. The third-order valence-corrected chi connectivity index (χ3v) is 5.35. The highest BCUT2D eigenvalue weighted by Gasteiger charge is 2.34. The van der Waals surface area contributed by atoms with Gasteiger partial charge in [-0.15, -0.1) is 0 Å². The Morgan fingerprint density at radius 2 is 2.07 bits per heavy atom. The summed E-state index contributed by atoms with van der Waals surface area (Å²) in [6.07, 6.45) is 0.145. The van der Waals surface area contributed by atoms with Crippen molar-refractivity contribution < 1.29 is 9.59 Å². The molecule has 3 rings (SSSR count). The molecule has 0 spiro atoms. The summed E-state index contributed by atoms with van der Waals surface area (Å²) in [5.74, 6) is 0.697. The predicted molar refractivity (Wildman–Crippen MR) is 110 cm³/mol. The Kier molecular flexibility index (Phi) is 6.03. The van der Waals surface area contributed by atoms with Crippen molar-refractivity contribution in [1.82, 2.24) is 25.5 Å². The largest absolute Gasteiger partial charge is 0.353 e. The average molecular weight is 386 g/mol. The fourth-order valence-electron chi connectivity index (χ4n) is 3.81. The van der Waals surface area contributed by atoms with E-state index in [-0.39, 0.29) is 36.2 Å². The molecule has 2 atom stereocenters. The molecule has 28 heavy (non-hydrogen) atoms. The normalized spacial score (nSPS) is 19.2. The van der Waals surface area contributed by atoms with Crippen LogP contribution in [0.5, 0.6) is 0 Å². The molecule has 3 N–H and O–H groups in total. The van der Waals surface area contributed by atoms with E-state index in [9.17, 15) is 9.59 Å². The molecule has 2 aromatic rings. The fourth-order valence-corrected chi connectivity index (χ4v) is 3.81. The average Bonchev–Trinajstić information content (AvgIpc) is 3.03. The number of benzene rings is 1. The van der Waals surface area contributed by atoms with Gasteiger partial charge in [-0.25, -0.2) is 4.98 Å². The van der Waals surface area contributed by atoms with Crippen LogP contribution in [-0.4, -0.2) is 51.9 Å². The van der Waals surface area contributed by atoms with Crippen LogP contribution >= 0.6 is 0 Å². The van der Waals surface area contributed by atoms with Gasteiger partial charge in [0.25, 0.3) is 0 Å². The second-order valence-electron chi connectivity index (χ2n) is 8.27. The lowest BCUT2D eigenvalue weighted by atomic mass is 10.0. The third kappa shape index (κ3) is 4.35. The lowest BCUT2D eigenvalue weighted by Crippen LogP contribution is -2.58. The van der Waals surface area contributed by atoms with E-state index in [1.807, 2.05) is 19.1 Å². The van der Waals surface area contributed by atoms with Crippen LogP contribution in [0.1, 0.15) is 51.5 Å². The summed E-state index contributed by atoms with van der Waals surface area (Å²) in [5.41, 5.74) is 3.01. The molecule has 0 bridgehead atoms. The number of aromatic nitrogens is 2. The first-order valence-electron chi connectivity index (χ1n) is 10.1. The first kappa shape index (κ1) is 20.3. The van der Waals surface area contributed by atoms with E-state index in [0.717, 1.165) is 29.0 Å². The lowest BCUT2D eigenvalue weighted by Gasteiger charge is -2.37. The first-order chi connectivity index (χ1) is 13.3. The molecule has 0 radical (unpaired) electrons. The first-order valence-corrected chi connectivity index (χ1v) is 10.1. The molecule has 7 heteroatoms. The Balaban J connectivity index is 1.76. The standard InChI is InChI=1S/C21H31N5O2/c1-12(2)19(20-23-15-7-6-14(5)10-16(15)24-20)25-18(27)11-17-21(28)22-8-9-26(17)13(3)4/h6-7,10,12-13,17,19H,8-9,11H2,1-5H3,(H,22,28)(H,23,24)(H,25,27)/t17-,19+/m1/s1. The van der Waals surface area contributed by atoms with Crippen LogP contribution in [0.25, 0.3) is 11.0 Å². The minimum absolute atomic E-state index is 0.0737. The second kappa shape index (κ2) is 8.31. The molecule has 7 nitrogen and oxygen atoms in total. The molecule has 1 aliphatic rings. The minimum Gasteiger partial charge on any atom is -0.353 e. The molecule has 0 aliphatic carbocycles. The number of carbonyl (C=O) groups excluding carboxylic acids is 2. The van der Waals surface area contributed by atoms with E-state index in [1.54, 1.807) is 0 Å². The van der Waals surface area contributed by atoms with Gasteiger partial charge in [0, 0.05) is 19.1 Å². The number of fused-ring (bicyclic) bond motifs is 1. The van der Waals surface area contributed by atoms with Gasteiger partial charge in [0.2, 0.25) is 11.8 Å². The highest BCUT2D eigenvalue weighted by Crippen LogP contribution is 2.23. The molecule has 1 saturated heterocycles. The fraction of sp³-hybridized carbons (Fsp3) is 0.571. The van der Waals surface area contributed by atoms with Gasteiger partial charge >= 0.3 is 0 Å². The van der Waals surface area contributed by atoms with Gasteiger partial charge in [-0.05, 0) is 44.4 Å². The van der Waals surface area contributed by atoms with Crippen molar-refractivity contribution in [3.8, 4) is 0 Å². The lowest BCUT2D eigenvalue weighted by molar-refractivity contribution is -0.135. The molecule has 2 amide bonds. The smallest absolute Gasteiger partial charge is 0.237 e. The van der Waals surface area contributed by atoms with Crippen molar-refractivity contribution in [2.75, 3.05) is 13.1 Å². The van der Waals surface area contributed by atoms with Gasteiger partial charge in [-0.3, -0.25) is 14.5 Å². The molecular weight excluding hydrogens is 354 g/mol. The third-order valence-electron chi connectivity index (χ3n) is 5.35. The van der Waals surface area contributed by atoms with E-state index in [2.05, 4.69) is 59.3 Å². The number of hydrogen-bond acceptors (Lipinski definition) is 4. The van der Waals surface area contributed by atoms with Gasteiger partial charge in [0.05, 0.1) is 29.5 Å². The quantitative estimate of drug-likeness (QED) is 0.712. The Labute approximate surface area is 166 Å². The predicted octanol–water partition coefficient (Wildman–Crippen LogP) is 2.28. The molecule has 2 heterocycles.